The summed E-state index contributed by atoms with van der Waals surface area (Å²) in [6, 6.07) is 13.0. The van der Waals surface area contributed by atoms with Crippen LogP contribution in [0.5, 0.6) is 11.5 Å². The molecule has 134 valence electrons. The molecule has 26 heavy (non-hydrogen) atoms. The van der Waals surface area contributed by atoms with Gasteiger partial charge in [0.1, 0.15) is 0 Å². The molecular weight excluding hydrogens is 336 g/mol. The van der Waals surface area contributed by atoms with Crippen LogP contribution in [0.1, 0.15) is 22.8 Å². The third-order valence-electron chi connectivity index (χ3n) is 3.31. The average Bonchev–Trinajstić information content (AvgIpc) is 2.66. The van der Waals surface area contributed by atoms with Crippen molar-refractivity contribution >= 4 is 17.6 Å². The fourth-order valence-electron chi connectivity index (χ4n) is 2.15. The van der Waals surface area contributed by atoms with Gasteiger partial charge in [0, 0.05) is 5.69 Å². The summed E-state index contributed by atoms with van der Waals surface area (Å²) in [4.78, 5) is 24.0. The molecule has 0 saturated heterocycles. The Balaban J connectivity index is 1.95. The molecule has 0 spiro atoms. The number of carbonyl (C=O) groups is 2. The molecule has 2 aromatic carbocycles. The molecule has 0 saturated carbocycles. The lowest BCUT2D eigenvalue weighted by atomic mass is 10.2. The third kappa shape index (κ3) is 4.98. The average molecular weight is 354 g/mol. The number of hydrogen-bond acceptors (Lipinski definition) is 6. The molecule has 2 rings (SSSR count). The van der Waals surface area contributed by atoms with Crippen molar-refractivity contribution in [1.82, 2.24) is 0 Å². The Morgan fingerprint density at radius 3 is 2.65 bits per heavy atom. The Labute approximate surface area is 151 Å². The molecule has 7 heteroatoms. The first-order valence-corrected chi connectivity index (χ1v) is 7.85. The SMILES string of the molecule is CCOc1ccc(C(=O)OCC(=O)Nc2cccc(C#N)c2)cc1OC. The molecule has 0 radical (unpaired) electrons. The highest BCUT2D eigenvalue weighted by atomic mass is 16.5. The Bertz CT molecular complexity index is 842. The summed E-state index contributed by atoms with van der Waals surface area (Å²) in [7, 11) is 1.47. The maximum Gasteiger partial charge on any atom is 0.338 e. The number of benzene rings is 2. The molecular formula is C19H18N2O5. The zero-order valence-corrected chi connectivity index (χ0v) is 14.4. The summed E-state index contributed by atoms with van der Waals surface area (Å²) in [6.45, 7) is 1.85. The minimum atomic E-state index is -0.660. The zero-order valence-electron chi connectivity index (χ0n) is 14.4. The van der Waals surface area contributed by atoms with Gasteiger partial charge in [-0.05, 0) is 43.3 Å². The second-order valence-electron chi connectivity index (χ2n) is 5.12. The maximum absolute atomic E-state index is 12.1. The van der Waals surface area contributed by atoms with Gasteiger partial charge in [0.05, 0.1) is 30.9 Å². The molecule has 2 aromatic rings. The van der Waals surface area contributed by atoms with Gasteiger partial charge in [-0.1, -0.05) is 6.07 Å². The van der Waals surface area contributed by atoms with Crippen molar-refractivity contribution in [3.63, 3.8) is 0 Å². The van der Waals surface area contributed by atoms with Gasteiger partial charge in [0.25, 0.3) is 5.91 Å². The van der Waals surface area contributed by atoms with Crippen LogP contribution >= 0.6 is 0 Å². The van der Waals surface area contributed by atoms with E-state index in [1.165, 1.54) is 25.3 Å². The molecule has 0 aliphatic rings. The smallest absolute Gasteiger partial charge is 0.338 e. The number of esters is 1. The van der Waals surface area contributed by atoms with Crippen LogP contribution in [0.4, 0.5) is 5.69 Å². The second kappa shape index (κ2) is 9.08. The van der Waals surface area contributed by atoms with Crippen LogP contribution in [-0.2, 0) is 9.53 Å². The van der Waals surface area contributed by atoms with Crippen molar-refractivity contribution in [2.24, 2.45) is 0 Å². The number of hydrogen-bond donors (Lipinski definition) is 1. The van der Waals surface area contributed by atoms with Crippen molar-refractivity contribution in [2.45, 2.75) is 6.92 Å². The van der Waals surface area contributed by atoms with Gasteiger partial charge in [-0.15, -0.1) is 0 Å². The van der Waals surface area contributed by atoms with Crippen LogP contribution in [0.3, 0.4) is 0 Å². The number of carbonyl (C=O) groups excluding carboxylic acids is 2. The van der Waals surface area contributed by atoms with E-state index in [-0.39, 0.29) is 5.56 Å². The van der Waals surface area contributed by atoms with E-state index in [4.69, 9.17) is 19.5 Å². The number of ether oxygens (including phenoxy) is 3. The quantitative estimate of drug-likeness (QED) is 0.768. The second-order valence-corrected chi connectivity index (χ2v) is 5.12. The van der Waals surface area contributed by atoms with E-state index >= 15 is 0 Å². The predicted molar refractivity (Wildman–Crippen MR) is 94.2 cm³/mol. The van der Waals surface area contributed by atoms with Gasteiger partial charge < -0.3 is 19.5 Å². The third-order valence-corrected chi connectivity index (χ3v) is 3.31. The van der Waals surface area contributed by atoms with Gasteiger partial charge in [-0.2, -0.15) is 5.26 Å². The van der Waals surface area contributed by atoms with Crippen LogP contribution < -0.4 is 14.8 Å². The number of amides is 1. The molecule has 0 aliphatic heterocycles. The van der Waals surface area contributed by atoms with E-state index in [1.807, 2.05) is 13.0 Å². The van der Waals surface area contributed by atoms with Crippen molar-refractivity contribution in [2.75, 3.05) is 25.6 Å². The Kier molecular flexibility index (Phi) is 6.57. The number of nitrogens with zero attached hydrogens (tertiary/aromatic N) is 1. The van der Waals surface area contributed by atoms with Gasteiger partial charge >= 0.3 is 5.97 Å². The van der Waals surface area contributed by atoms with E-state index in [0.717, 1.165) is 0 Å². The highest BCUT2D eigenvalue weighted by Crippen LogP contribution is 2.28. The molecule has 0 unspecified atom stereocenters. The van der Waals surface area contributed by atoms with Crippen LogP contribution in [0, 0.1) is 11.3 Å². The van der Waals surface area contributed by atoms with Gasteiger partial charge in [-0.25, -0.2) is 4.79 Å². The maximum atomic E-state index is 12.1. The first-order valence-electron chi connectivity index (χ1n) is 7.85. The van der Waals surface area contributed by atoms with Crippen molar-refractivity contribution in [3.05, 3.63) is 53.6 Å². The van der Waals surface area contributed by atoms with Gasteiger partial charge in [-0.3, -0.25) is 4.79 Å². The van der Waals surface area contributed by atoms with E-state index in [2.05, 4.69) is 5.32 Å². The molecule has 0 atom stereocenters. The normalized spacial score (nSPS) is 9.73. The summed E-state index contributed by atoms with van der Waals surface area (Å²) >= 11 is 0. The standard InChI is InChI=1S/C19H18N2O5/c1-3-25-16-8-7-14(10-17(16)24-2)19(23)26-12-18(22)21-15-6-4-5-13(9-15)11-20/h4-10H,3,12H2,1-2H3,(H,21,22). The fraction of sp³-hybridized carbons (Fsp3) is 0.211. The van der Waals surface area contributed by atoms with E-state index in [9.17, 15) is 9.59 Å². The Hall–Kier alpha value is -3.53. The topological polar surface area (TPSA) is 97.6 Å². The summed E-state index contributed by atoms with van der Waals surface area (Å²) in [5, 5.41) is 11.4. The summed E-state index contributed by atoms with van der Waals surface area (Å²) in [5.41, 5.74) is 1.11. The Morgan fingerprint density at radius 1 is 1.15 bits per heavy atom. The van der Waals surface area contributed by atoms with Crippen LogP contribution in [0.15, 0.2) is 42.5 Å². The zero-order chi connectivity index (χ0) is 18.9. The number of anilines is 1. The lowest BCUT2D eigenvalue weighted by Gasteiger charge is -2.11. The minimum Gasteiger partial charge on any atom is -0.493 e. The van der Waals surface area contributed by atoms with Crippen LogP contribution in [-0.4, -0.2) is 32.2 Å². The molecule has 0 bridgehead atoms. The van der Waals surface area contributed by atoms with E-state index < -0.39 is 18.5 Å². The molecule has 0 fully saturated rings. The molecule has 7 nitrogen and oxygen atoms in total. The number of nitriles is 1. The Morgan fingerprint density at radius 2 is 1.96 bits per heavy atom. The van der Waals surface area contributed by atoms with Gasteiger partial charge in [0.2, 0.25) is 0 Å². The van der Waals surface area contributed by atoms with Crippen molar-refractivity contribution in [3.8, 4) is 17.6 Å². The highest BCUT2D eigenvalue weighted by Gasteiger charge is 2.14. The molecule has 1 N–H and O–H groups in total. The first kappa shape index (κ1) is 18.8. The van der Waals surface area contributed by atoms with Crippen molar-refractivity contribution < 1.29 is 23.8 Å². The number of nitrogens with one attached hydrogen (secondary N) is 1. The highest BCUT2D eigenvalue weighted by molar-refractivity contribution is 5.95. The first-order chi connectivity index (χ1) is 12.6. The van der Waals surface area contributed by atoms with Crippen molar-refractivity contribution in [1.29, 1.82) is 5.26 Å². The molecule has 0 aromatic heterocycles. The van der Waals surface area contributed by atoms with Crippen LogP contribution in [0.2, 0.25) is 0 Å². The summed E-state index contributed by atoms with van der Waals surface area (Å²) in [6.07, 6.45) is 0. The monoisotopic (exact) mass is 354 g/mol. The molecule has 0 aliphatic carbocycles. The molecule has 0 heterocycles. The van der Waals surface area contributed by atoms with E-state index in [1.54, 1.807) is 24.3 Å². The summed E-state index contributed by atoms with van der Waals surface area (Å²) < 4.78 is 15.6. The van der Waals surface area contributed by atoms with E-state index in [0.29, 0.717) is 29.4 Å². The summed E-state index contributed by atoms with van der Waals surface area (Å²) in [5.74, 6) is -0.251. The number of rotatable bonds is 7. The largest absolute Gasteiger partial charge is 0.493 e. The lowest BCUT2D eigenvalue weighted by molar-refractivity contribution is -0.119. The van der Waals surface area contributed by atoms with Crippen LogP contribution in [0.25, 0.3) is 0 Å². The predicted octanol–water partition coefficient (Wildman–Crippen LogP) is 2.76. The fourth-order valence-corrected chi connectivity index (χ4v) is 2.15. The minimum absolute atomic E-state index is 0.240. The lowest BCUT2D eigenvalue weighted by Crippen LogP contribution is -2.21. The van der Waals surface area contributed by atoms with Gasteiger partial charge in [0.15, 0.2) is 18.1 Å². The number of methoxy groups -OCH3 is 1. The molecule has 1 amide bonds.